The average molecular weight is 481 g/mol. The summed E-state index contributed by atoms with van der Waals surface area (Å²) in [4.78, 5) is 0. The number of ether oxygens (including phenoxy) is 1. The lowest BCUT2D eigenvalue weighted by Crippen LogP contribution is -2.63. The number of hydrogen-bond acceptors (Lipinski definition) is 6. The SMILES string of the molecule is C[C@H](O)[C@H]1CC[C@]2(O)[C@@H]3CC[C@@H]4C[C@@H](O[C@@H]5C[C@@H](C)[C@H](O)[C@@H](O)[C@H]5O)CC[C@]4(C)[C@H]3CC[C@]12C. The molecule has 0 aromatic carbocycles. The number of fused-ring (bicyclic) bond motifs is 5. The van der Waals surface area contributed by atoms with Gasteiger partial charge in [-0.3, -0.25) is 0 Å². The summed E-state index contributed by atoms with van der Waals surface area (Å²) in [7, 11) is 0. The van der Waals surface area contributed by atoms with Crippen molar-refractivity contribution in [1.29, 1.82) is 0 Å². The van der Waals surface area contributed by atoms with Crippen molar-refractivity contribution >= 4 is 0 Å². The van der Waals surface area contributed by atoms with Crippen LogP contribution in [0.15, 0.2) is 0 Å². The van der Waals surface area contributed by atoms with Crippen LogP contribution in [-0.4, -0.2) is 67.8 Å². The first-order chi connectivity index (χ1) is 15.9. The Morgan fingerprint density at radius 3 is 2.26 bits per heavy atom. The average Bonchev–Trinajstić information content (AvgIpc) is 3.07. The molecule has 196 valence electrons. The normalized spacial score (nSPS) is 58.5. The molecule has 6 heteroatoms. The highest BCUT2D eigenvalue weighted by Crippen LogP contribution is 2.69. The Morgan fingerprint density at radius 2 is 1.56 bits per heavy atom. The van der Waals surface area contributed by atoms with Gasteiger partial charge >= 0.3 is 0 Å². The van der Waals surface area contributed by atoms with E-state index in [2.05, 4.69) is 13.8 Å². The van der Waals surface area contributed by atoms with E-state index in [1.807, 2.05) is 13.8 Å². The fourth-order valence-electron chi connectivity index (χ4n) is 9.91. The topological polar surface area (TPSA) is 110 Å². The molecule has 6 nitrogen and oxygen atoms in total. The van der Waals surface area contributed by atoms with Crippen LogP contribution in [-0.2, 0) is 4.74 Å². The predicted octanol–water partition coefficient (Wildman–Crippen LogP) is 3.02. The third-order valence-electron chi connectivity index (χ3n) is 12.1. The molecule has 0 saturated heterocycles. The van der Waals surface area contributed by atoms with E-state index in [0.717, 1.165) is 57.8 Å². The molecule has 0 aromatic rings. The monoisotopic (exact) mass is 480 g/mol. The minimum absolute atomic E-state index is 0.0759. The van der Waals surface area contributed by atoms with Crippen LogP contribution in [0.3, 0.4) is 0 Å². The van der Waals surface area contributed by atoms with Crippen molar-refractivity contribution in [3.05, 3.63) is 0 Å². The minimum atomic E-state index is -1.15. The van der Waals surface area contributed by atoms with E-state index in [4.69, 9.17) is 4.74 Å². The van der Waals surface area contributed by atoms with Crippen LogP contribution in [0.2, 0.25) is 0 Å². The van der Waals surface area contributed by atoms with Crippen molar-refractivity contribution < 1.29 is 30.3 Å². The first kappa shape index (κ1) is 25.4. The summed E-state index contributed by atoms with van der Waals surface area (Å²) in [6, 6.07) is 0. The molecule has 0 aliphatic heterocycles. The van der Waals surface area contributed by atoms with Crippen molar-refractivity contribution in [2.45, 2.75) is 134 Å². The first-order valence-electron chi connectivity index (χ1n) is 14.0. The van der Waals surface area contributed by atoms with Crippen LogP contribution in [0.25, 0.3) is 0 Å². The summed E-state index contributed by atoms with van der Waals surface area (Å²) in [5.41, 5.74) is -0.666. The van der Waals surface area contributed by atoms with Crippen molar-refractivity contribution in [3.8, 4) is 0 Å². The molecule has 5 N–H and O–H groups in total. The van der Waals surface area contributed by atoms with Gasteiger partial charge in [-0.05, 0) is 106 Å². The quantitative estimate of drug-likeness (QED) is 0.425. The molecule has 5 saturated carbocycles. The van der Waals surface area contributed by atoms with Gasteiger partial charge in [-0.15, -0.1) is 0 Å². The van der Waals surface area contributed by atoms with E-state index in [1.165, 1.54) is 0 Å². The third-order valence-corrected chi connectivity index (χ3v) is 12.1. The van der Waals surface area contributed by atoms with Gasteiger partial charge < -0.3 is 30.3 Å². The highest BCUT2D eigenvalue weighted by atomic mass is 16.5. The summed E-state index contributed by atoms with van der Waals surface area (Å²) in [5.74, 6) is 1.46. The Morgan fingerprint density at radius 1 is 0.824 bits per heavy atom. The molecule has 5 fully saturated rings. The number of rotatable bonds is 3. The zero-order valence-corrected chi connectivity index (χ0v) is 21.6. The lowest BCUT2D eigenvalue weighted by Gasteiger charge is -2.64. The molecule has 0 aromatic heterocycles. The molecule has 0 amide bonds. The van der Waals surface area contributed by atoms with Crippen molar-refractivity contribution in [2.24, 2.45) is 40.4 Å². The van der Waals surface area contributed by atoms with Crippen LogP contribution in [0, 0.1) is 40.4 Å². The van der Waals surface area contributed by atoms with Crippen LogP contribution >= 0.6 is 0 Å². The number of aliphatic hydroxyl groups excluding tert-OH is 4. The highest BCUT2D eigenvalue weighted by Gasteiger charge is 2.67. The smallest absolute Gasteiger partial charge is 0.109 e. The van der Waals surface area contributed by atoms with E-state index in [0.29, 0.717) is 24.2 Å². The molecule has 0 spiro atoms. The Kier molecular flexibility index (Phi) is 6.47. The van der Waals surface area contributed by atoms with Crippen LogP contribution in [0.4, 0.5) is 0 Å². The largest absolute Gasteiger partial charge is 0.393 e. The van der Waals surface area contributed by atoms with E-state index in [-0.39, 0.29) is 34.9 Å². The maximum Gasteiger partial charge on any atom is 0.109 e. The van der Waals surface area contributed by atoms with Gasteiger partial charge in [-0.2, -0.15) is 0 Å². The fourth-order valence-corrected chi connectivity index (χ4v) is 9.91. The van der Waals surface area contributed by atoms with Crippen LogP contribution in [0.5, 0.6) is 0 Å². The van der Waals surface area contributed by atoms with E-state index in [1.54, 1.807) is 0 Å². The van der Waals surface area contributed by atoms with Crippen molar-refractivity contribution in [3.63, 3.8) is 0 Å². The molecule has 5 aliphatic rings. The predicted molar refractivity (Wildman–Crippen MR) is 129 cm³/mol. The number of aliphatic hydroxyl groups is 5. The minimum Gasteiger partial charge on any atom is -0.393 e. The molecular formula is C28H48O6. The van der Waals surface area contributed by atoms with Gasteiger partial charge in [0.05, 0.1) is 30.0 Å². The highest BCUT2D eigenvalue weighted by molar-refractivity contribution is 5.17. The summed E-state index contributed by atoms with van der Waals surface area (Å²) in [6.45, 7) is 8.50. The number of hydrogen-bond donors (Lipinski definition) is 5. The Labute approximate surface area is 205 Å². The maximum atomic E-state index is 12.2. The molecule has 14 atom stereocenters. The molecular weight excluding hydrogens is 432 g/mol. The Bertz CT molecular complexity index is 759. The molecule has 0 radical (unpaired) electrons. The third kappa shape index (κ3) is 3.57. The zero-order chi connectivity index (χ0) is 24.6. The first-order valence-corrected chi connectivity index (χ1v) is 14.0. The van der Waals surface area contributed by atoms with E-state index >= 15 is 0 Å². The summed E-state index contributed by atoms with van der Waals surface area (Å²) in [5, 5.41) is 53.4. The van der Waals surface area contributed by atoms with Crippen LogP contribution in [0.1, 0.15) is 91.9 Å². The van der Waals surface area contributed by atoms with Gasteiger partial charge in [-0.25, -0.2) is 0 Å². The zero-order valence-electron chi connectivity index (χ0n) is 21.6. The Hall–Kier alpha value is -0.240. The maximum absolute atomic E-state index is 12.2. The van der Waals surface area contributed by atoms with Gasteiger partial charge in [-0.1, -0.05) is 20.8 Å². The molecule has 5 rings (SSSR count). The standard InChI is InChI=1S/C28H48O6/c1-15-13-22(24(31)25(32)23(15)30)34-18-7-10-26(3)17(14-18)5-6-21-20(26)8-11-27(4)19(16(2)29)9-12-28(21,27)33/h15-25,29-33H,5-14H2,1-4H3/t15-,16+,17-,18+,19-,20+,21-,22-,23+,24+,25-,26+,27-,28+/m1/s1. The fraction of sp³-hybridized carbons (Fsp3) is 1.00. The van der Waals surface area contributed by atoms with Gasteiger partial charge in [0.15, 0.2) is 0 Å². The van der Waals surface area contributed by atoms with E-state index in [9.17, 15) is 25.5 Å². The van der Waals surface area contributed by atoms with Crippen molar-refractivity contribution in [2.75, 3.05) is 0 Å². The van der Waals surface area contributed by atoms with Gasteiger partial charge in [0, 0.05) is 5.41 Å². The second-order valence-corrected chi connectivity index (χ2v) is 13.5. The molecule has 0 unspecified atom stereocenters. The summed E-state index contributed by atoms with van der Waals surface area (Å²) in [6.07, 6.45) is 5.77. The summed E-state index contributed by atoms with van der Waals surface area (Å²) < 4.78 is 6.41. The second kappa shape index (κ2) is 8.66. The molecule has 0 heterocycles. The van der Waals surface area contributed by atoms with Crippen molar-refractivity contribution in [1.82, 2.24) is 0 Å². The van der Waals surface area contributed by atoms with Crippen LogP contribution < -0.4 is 0 Å². The van der Waals surface area contributed by atoms with E-state index < -0.39 is 30.0 Å². The van der Waals surface area contributed by atoms with Gasteiger partial charge in [0.25, 0.3) is 0 Å². The van der Waals surface area contributed by atoms with Gasteiger partial charge in [0.1, 0.15) is 12.2 Å². The second-order valence-electron chi connectivity index (χ2n) is 13.5. The Balaban J connectivity index is 1.29. The molecule has 5 aliphatic carbocycles. The van der Waals surface area contributed by atoms with Gasteiger partial charge in [0.2, 0.25) is 0 Å². The summed E-state index contributed by atoms with van der Waals surface area (Å²) >= 11 is 0. The molecule has 0 bridgehead atoms. The lowest BCUT2D eigenvalue weighted by atomic mass is 9.43. The molecule has 34 heavy (non-hydrogen) atoms. The lowest BCUT2D eigenvalue weighted by molar-refractivity contribution is -0.225.